The number of carboxylic acids is 2. The summed E-state index contributed by atoms with van der Waals surface area (Å²) >= 11 is 0. The van der Waals surface area contributed by atoms with Gasteiger partial charge in [-0.2, -0.15) is 0 Å². The lowest BCUT2D eigenvalue weighted by Gasteiger charge is -2.08. The van der Waals surface area contributed by atoms with E-state index in [1.54, 1.807) is 13.8 Å². The SMILES string of the molecule is CC(C)O/C(=C/C(=O)O)C(=O)O. The van der Waals surface area contributed by atoms with Crippen LogP contribution >= 0.6 is 0 Å². The zero-order valence-electron chi connectivity index (χ0n) is 6.77. The fourth-order valence-electron chi connectivity index (χ4n) is 0.512. The first kappa shape index (κ1) is 10.5. The molecule has 0 aromatic rings. The van der Waals surface area contributed by atoms with Gasteiger partial charge < -0.3 is 14.9 Å². The first-order valence-corrected chi connectivity index (χ1v) is 3.28. The average Bonchev–Trinajstić information content (AvgIpc) is 1.83. The smallest absolute Gasteiger partial charge is 0.371 e. The van der Waals surface area contributed by atoms with Crippen LogP contribution in [-0.2, 0) is 14.3 Å². The summed E-state index contributed by atoms with van der Waals surface area (Å²) in [6, 6.07) is 0. The summed E-state index contributed by atoms with van der Waals surface area (Å²) in [6.45, 7) is 3.22. The maximum absolute atomic E-state index is 10.3. The Labute approximate surface area is 69.3 Å². The Bertz CT molecular complexity index is 216. The number of rotatable bonds is 4. The molecule has 0 bridgehead atoms. The summed E-state index contributed by atoms with van der Waals surface area (Å²) in [7, 11) is 0. The molecule has 0 fully saturated rings. The highest BCUT2D eigenvalue weighted by Crippen LogP contribution is 2.01. The summed E-state index contributed by atoms with van der Waals surface area (Å²) < 4.78 is 4.70. The standard InChI is InChI=1S/C7H10O5/c1-4(2)12-5(7(10)11)3-6(8)9/h3-4H,1-2H3,(H,8,9)(H,10,11)/b5-3+. The van der Waals surface area contributed by atoms with Gasteiger partial charge in [-0.25, -0.2) is 9.59 Å². The molecule has 0 rings (SSSR count). The van der Waals surface area contributed by atoms with Crippen molar-refractivity contribution in [1.29, 1.82) is 0 Å². The highest BCUT2D eigenvalue weighted by Gasteiger charge is 2.12. The van der Waals surface area contributed by atoms with E-state index in [1.165, 1.54) is 0 Å². The van der Waals surface area contributed by atoms with Crippen molar-refractivity contribution in [2.45, 2.75) is 20.0 Å². The summed E-state index contributed by atoms with van der Waals surface area (Å²) in [5, 5.41) is 16.6. The van der Waals surface area contributed by atoms with E-state index >= 15 is 0 Å². The topological polar surface area (TPSA) is 83.8 Å². The Balaban J connectivity index is 4.44. The third kappa shape index (κ3) is 4.32. The van der Waals surface area contributed by atoms with E-state index in [0.29, 0.717) is 6.08 Å². The van der Waals surface area contributed by atoms with Crippen LogP contribution in [0.4, 0.5) is 0 Å². The van der Waals surface area contributed by atoms with Crippen molar-refractivity contribution in [1.82, 2.24) is 0 Å². The van der Waals surface area contributed by atoms with E-state index in [9.17, 15) is 9.59 Å². The van der Waals surface area contributed by atoms with Crippen LogP contribution in [0.2, 0.25) is 0 Å². The molecule has 0 spiro atoms. The minimum Gasteiger partial charge on any atom is -0.484 e. The third-order valence-corrected chi connectivity index (χ3v) is 0.828. The van der Waals surface area contributed by atoms with Crippen molar-refractivity contribution in [3.8, 4) is 0 Å². The largest absolute Gasteiger partial charge is 0.484 e. The van der Waals surface area contributed by atoms with Crippen molar-refractivity contribution < 1.29 is 24.5 Å². The van der Waals surface area contributed by atoms with Gasteiger partial charge in [0.15, 0.2) is 0 Å². The molecule has 0 heterocycles. The summed E-state index contributed by atoms with van der Waals surface area (Å²) in [5.74, 6) is -3.28. The summed E-state index contributed by atoms with van der Waals surface area (Å²) in [4.78, 5) is 20.4. The Morgan fingerprint density at radius 2 is 1.83 bits per heavy atom. The van der Waals surface area contributed by atoms with Gasteiger partial charge in [0.05, 0.1) is 12.2 Å². The molecule has 12 heavy (non-hydrogen) atoms. The highest BCUT2D eigenvalue weighted by molar-refractivity contribution is 5.92. The monoisotopic (exact) mass is 174 g/mol. The summed E-state index contributed by atoms with van der Waals surface area (Å²) in [6.07, 6.45) is 0.161. The maximum atomic E-state index is 10.3. The minimum atomic E-state index is -1.38. The zero-order valence-corrected chi connectivity index (χ0v) is 6.77. The van der Waals surface area contributed by atoms with Crippen molar-refractivity contribution in [2.24, 2.45) is 0 Å². The number of hydrogen-bond acceptors (Lipinski definition) is 3. The molecule has 5 nitrogen and oxygen atoms in total. The molecule has 0 aliphatic carbocycles. The molecule has 0 aliphatic heterocycles. The molecule has 0 aromatic heterocycles. The fraction of sp³-hybridized carbons (Fsp3) is 0.429. The molecule has 2 N–H and O–H groups in total. The Hall–Kier alpha value is -1.52. The van der Waals surface area contributed by atoms with Gasteiger partial charge in [-0.1, -0.05) is 0 Å². The van der Waals surface area contributed by atoms with Crippen LogP contribution in [0.5, 0.6) is 0 Å². The van der Waals surface area contributed by atoms with Crippen molar-refractivity contribution in [3.63, 3.8) is 0 Å². The van der Waals surface area contributed by atoms with Crippen molar-refractivity contribution in [2.75, 3.05) is 0 Å². The maximum Gasteiger partial charge on any atom is 0.371 e. The van der Waals surface area contributed by atoms with Gasteiger partial charge in [0.25, 0.3) is 0 Å². The molecule has 0 aromatic carbocycles. The lowest BCUT2D eigenvalue weighted by Crippen LogP contribution is -2.12. The Morgan fingerprint density at radius 3 is 2.08 bits per heavy atom. The van der Waals surface area contributed by atoms with Crippen LogP contribution in [0.3, 0.4) is 0 Å². The second kappa shape index (κ2) is 4.38. The molecule has 0 saturated carbocycles. The van der Waals surface area contributed by atoms with Gasteiger partial charge in [-0.05, 0) is 13.8 Å². The van der Waals surface area contributed by atoms with Crippen molar-refractivity contribution >= 4 is 11.9 Å². The van der Waals surface area contributed by atoms with Crippen LogP contribution in [0, 0.1) is 0 Å². The predicted molar refractivity (Wildman–Crippen MR) is 39.6 cm³/mol. The van der Waals surface area contributed by atoms with Crippen LogP contribution in [-0.4, -0.2) is 28.3 Å². The first-order chi connectivity index (χ1) is 5.43. The molecular formula is C7H10O5. The molecule has 0 radical (unpaired) electrons. The fourth-order valence-corrected chi connectivity index (χ4v) is 0.512. The van der Waals surface area contributed by atoms with Crippen molar-refractivity contribution in [3.05, 3.63) is 11.8 Å². The molecule has 68 valence electrons. The average molecular weight is 174 g/mol. The van der Waals surface area contributed by atoms with E-state index in [-0.39, 0.29) is 6.10 Å². The molecule has 0 amide bonds. The quantitative estimate of drug-likeness (QED) is 0.478. The van der Waals surface area contributed by atoms with E-state index in [1.807, 2.05) is 0 Å². The predicted octanol–water partition coefficient (Wildman–Crippen LogP) is 0.465. The molecule has 0 atom stereocenters. The molecule has 0 unspecified atom stereocenters. The van der Waals surface area contributed by atoms with E-state index < -0.39 is 17.7 Å². The first-order valence-electron chi connectivity index (χ1n) is 3.28. The van der Waals surface area contributed by atoms with E-state index in [4.69, 9.17) is 14.9 Å². The third-order valence-electron chi connectivity index (χ3n) is 0.828. The molecule has 5 heteroatoms. The normalized spacial score (nSPS) is 11.4. The Morgan fingerprint density at radius 1 is 1.33 bits per heavy atom. The van der Waals surface area contributed by atoms with Gasteiger partial charge >= 0.3 is 11.9 Å². The second-order valence-corrected chi connectivity index (χ2v) is 2.32. The van der Waals surface area contributed by atoms with E-state index in [2.05, 4.69) is 0 Å². The zero-order chi connectivity index (χ0) is 9.72. The number of ether oxygens (including phenoxy) is 1. The van der Waals surface area contributed by atoms with Gasteiger partial charge in [-0.3, -0.25) is 0 Å². The van der Waals surface area contributed by atoms with Gasteiger partial charge in [0.1, 0.15) is 0 Å². The minimum absolute atomic E-state index is 0.355. The van der Waals surface area contributed by atoms with Gasteiger partial charge in [-0.15, -0.1) is 0 Å². The number of carbonyl (C=O) groups is 2. The molecular weight excluding hydrogens is 164 g/mol. The Kier molecular flexibility index (Phi) is 3.82. The second-order valence-electron chi connectivity index (χ2n) is 2.32. The van der Waals surface area contributed by atoms with Crippen LogP contribution < -0.4 is 0 Å². The number of carboxylic acid groups (broad SMARTS) is 2. The van der Waals surface area contributed by atoms with Crippen LogP contribution in [0.1, 0.15) is 13.8 Å². The van der Waals surface area contributed by atoms with E-state index in [0.717, 1.165) is 0 Å². The van der Waals surface area contributed by atoms with Gasteiger partial charge in [0, 0.05) is 0 Å². The highest BCUT2D eigenvalue weighted by atomic mass is 16.5. The molecule has 0 aliphatic rings. The number of hydrogen-bond donors (Lipinski definition) is 2. The number of aliphatic carboxylic acids is 2. The van der Waals surface area contributed by atoms with Crippen LogP contribution in [0.15, 0.2) is 11.8 Å². The van der Waals surface area contributed by atoms with Gasteiger partial charge in [0.2, 0.25) is 5.76 Å². The molecule has 0 saturated heterocycles. The lowest BCUT2D eigenvalue weighted by atomic mass is 10.4. The summed E-state index contributed by atoms with van der Waals surface area (Å²) in [5.41, 5.74) is 0. The lowest BCUT2D eigenvalue weighted by molar-refractivity contribution is -0.139. The van der Waals surface area contributed by atoms with Crippen LogP contribution in [0.25, 0.3) is 0 Å².